The molecule has 0 saturated carbocycles. The van der Waals surface area contributed by atoms with E-state index in [4.69, 9.17) is 4.74 Å². The van der Waals surface area contributed by atoms with Crippen LogP contribution in [0.15, 0.2) is 35.1 Å². The van der Waals surface area contributed by atoms with Gasteiger partial charge in [0.05, 0.1) is 6.10 Å². The van der Waals surface area contributed by atoms with Crippen molar-refractivity contribution in [2.75, 3.05) is 5.32 Å². The van der Waals surface area contributed by atoms with E-state index in [2.05, 4.69) is 31.2 Å². The summed E-state index contributed by atoms with van der Waals surface area (Å²) in [6.07, 6.45) is 3.24. The van der Waals surface area contributed by atoms with Gasteiger partial charge in [0.25, 0.3) is 0 Å². The summed E-state index contributed by atoms with van der Waals surface area (Å²) in [6.45, 7) is 4.26. The lowest BCUT2D eigenvalue weighted by atomic mass is 10.2. The molecule has 20 heavy (non-hydrogen) atoms. The Morgan fingerprint density at radius 1 is 1.40 bits per heavy atom. The molecule has 0 atom stereocenters. The fourth-order valence-electron chi connectivity index (χ4n) is 1.61. The first kappa shape index (κ1) is 14.7. The summed E-state index contributed by atoms with van der Waals surface area (Å²) in [4.78, 5) is 8.17. The first-order valence-electron chi connectivity index (χ1n) is 6.21. The van der Waals surface area contributed by atoms with E-state index in [0.717, 1.165) is 5.56 Å². The van der Waals surface area contributed by atoms with Crippen LogP contribution in [0.25, 0.3) is 0 Å². The Morgan fingerprint density at radius 2 is 2.20 bits per heavy atom. The van der Waals surface area contributed by atoms with Crippen molar-refractivity contribution in [2.45, 2.75) is 26.5 Å². The quantitative estimate of drug-likeness (QED) is 0.900. The van der Waals surface area contributed by atoms with Crippen LogP contribution in [0.2, 0.25) is 0 Å². The molecule has 0 bridgehead atoms. The van der Waals surface area contributed by atoms with Gasteiger partial charge in [0.1, 0.15) is 0 Å². The van der Waals surface area contributed by atoms with E-state index in [-0.39, 0.29) is 11.9 Å². The molecule has 4 nitrogen and oxygen atoms in total. The van der Waals surface area contributed by atoms with E-state index in [1.54, 1.807) is 12.4 Å². The number of ether oxygens (including phenoxy) is 1. The van der Waals surface area contributed by atoms with Gasteiger partial charge >= 0.3 is 0 Å². The normalized spacial score (nSPS) is 10.7. The zero-order valence-corrected chi connectivity index (χ0v) is 12.8. The van der Waals surface area contributed by atoms with Crippen LogP contribution in [0, 0.1) is 5.82 Å². The fourth-order valence-corrected chi connectivity index (χ4v) is 1.91. The Bertz CT molecular complexity index is 592. The topological polar surface area (TPSA) is 47.0 Å². The minimum Gasteiger partial charge on any atom is -0.475 e. The van der Waals surface area contributed by atoms with Gasteiger partial charge in [-0.15, -0.1) is 0 Å². The molecule has 0 aromatic carbocycles. The summed E-state index contributed by atoms with van der Waals surface area (Å²) in [5, 5.41) is 2.94. The van der Waals surface area contributed by atoms with Gasteiger partial charge in [-0.25, -0.2) is 14.4 Å². The maximum atomic E-state index is 13.7. The van der Waals surface area contributed by atoms with Gasteiger partial charge in [0, 0.05) is 29.0 Å². The Hall–Kier alpha value is -1.69. The van der Waals surface area contributed by atoms with Crippen molar-refractivity contribution in [2.24, 2.45) is 0 Å². The number of halogens is 2. The lowest BCUT2D eigenvalue weighted by Gasteiger charge is -2.13. The van der Waals surface area contributed by atoms with Crippen molar-refractivity contribution >= 4 is 21.7 Å². The van der Waals surface area contributed by atoms with Crippen LogP contribution < -0.4 is 10.1 Å². The summed E-state index contributed by atoms with van der Waals surface area (Å²) < 4.78 is 19.9. The van der Waals surface area contributed by atoms with Crippen molar-refractivity contribution in [1.29, 1.82) is 0 Å². The molecule has 0 amide bonds. The van der Waals surface area contributed by atoms with Gasteiger partial charge in [-0.1, -0.05) is 6.07 Å². The minimum absolute atomic E-state index is 0.0335. The molecule has 0 aliphatic carbocycles. The number of nitrogens with one attached hydrogen (secondary N) is 1. The number of anilines is 1. The predicted molar refractivity (Wildman–Crippen MR) is 79.2 cm³/mol. The first-order valence-corrected chi connectivity index (χ1v) is 7.01. The van der Waals surface area contributed by atoms with Crippen LogP contribution in [0.4, 0.5) is 10.2 Å². The van der Waals surface area contributed by atoms with Gasteiger partial charge < -0.3 is 10.1 Å². The van der Waals surface area contributed by atoms with Crippen molar-refractivity contribution in [1.82, 2.24) is 9.97 Å². The van der Waals surface area contributed by atoms with Crippen LogP contribution in [0.1, 0.15) is 19.4 Å². The SMILES string of the molecule is CC(C)Oc1ncccc1CNc1ncc(Br)cc1F. The molecule has 2 aromatic heterocycles. The molecule has 1 N–H and O–H groups in total. The molecule has 0 fully saturated rings. The molecule has 2 rings (SSSR count). The summed E-state index contributed by atoms with van der Waals surface area (Å²) in [7, 11) is 0. The fraction of sp³-hybridized carbons (Fsp3) is 0.286. The third-order valence-electron chi connectivity index (χ3n) is 2.45. The zero-order chi connectivity index (χ0) is 14.5. The van der Waals surface area contributed by atoms with E-state index in [1.165, 1.54) is 6.07 Å². The highest BCUT2D eigenvalue weighted by molar-refractivity contribution is 9.10. The largest absolute Gasteiger partial charge is 0.475 e. The molecular formula is C14H15BrFN3O. The van der Waals surface area contributed by atoms with Crippen molar-refractivity contribution in [3.05, 3.63) is 46.4 Å². The molecule has 0 saturated heterocycles. The van der Waals surface area contributed by atoms with E-state index < -0.39 is 5.82 Å². The lowest BCUT2D eigenvalue weighted by molar-refractivity contribution is 0.230. The Morgan fingerprint density at radius 3 is 2.90 bits per heavy atom. The van der Waals surface area contributed by atoms with Gasteiger partial charge in [-0.3, -0.25) is 0 Å². The van der Waals surface area contributed by atoms with Crippen LogP contribution in [-0.4, -0.2) is 16.1 Å². The highest BCUT2D eigenvalue weighted by Gasteiger charge is 2.09. The molecule has 0 radical (unpaired) electrons. The number of aromatic nitrogens is 2. The number of nitrogens with zero attached hydrogens (tertiary/aromatic N) is 2. The average Bonchev–Trinajstić information content (AvgIpc) is 2.39. The Balaban J connectivity index is 2.10. The molecule has 2 heterocycles. The van der Waals surface area contributed by atoms with Crippen LogP contribution in [0.5, 0.6) is 5.88 Å². The smallest absolute Gasteiger partial charge is 0.218 e. The molecule has 0 unspecified atom stereocenters. The number of pyridine rings is 2. The van der Waals surface area contributed by atoms with E-state index in [9.17, 15) is 4.39 Å². The Labute approximate surface area is 125 Å². The molecule has 6 heteroatoms. The van der Waals surface area contributed by atoms with Crippen LogP contribution >= 0.6 is 15.9 Å². The van der Waals surface area contributed by atoms with Gasteiger partial charge in [0.2, 0.25) is 5.88 Å². The third kappa shape index (κ3) is 3.90. The number of hydrogen-bond donors (Lipinski definition) is 1. The predicted octanol–water partition coefficient (Wildman–Crippen LogP) is 3.78. The van der Waals surface area contributed by atoms with Crippen LogP contribution in [-0.2, 0) is 6.54 Å². The first-order chi connectivity index (χ1) is 9.56. The maximum Gasteiger partial charge on any atom is 0.218 e. The zero-order valence-electron chi connectivity index (χ0n) is 11.2. The van der Waals surface area contributed by atoms with Gasteiger partial charge in [0.15, 0.2) is 11.6 Å². The van der Waals surface area contributed by atoms with E-state index in [1.807, 2.05) is 26.0 Å². The second-order valence-electron chi connectivity index (χ2n) is 4.47. The van der Waals surface area contributed by atoms with Crippen LogP contribution in [0.3, 0.4) is 0 Å². The maximum absolute atomic E-state index is 13.7. The second-order valence-corrected chi connectivity index (χ2v) is 5.39. The summed E-state index contributed by atoms with van der Waals surface area (Å²) in [5.41, 5.74) is 0.852. The molecule has 0 aliphatic heterocycles. The summed E-state index contributed by atoms with van der Waals surface area (Å²) >= 11 is 3.17. The number of rotatable bonds is 5. The molecule has 0 aliphatic rings. The van der Waals surface area contributed by atoms with Gasteiger partial charge in [-0.05, 0) is 41.9 Å². The monoisotopic (exact) mass is 339 g/mol. The molecule has 2 aromatic rings. The van der Waals surface area contributed by atoms with E-state index >= 15 is 0 Å². The lowest BCUT2D eigenvalue weighted by Crippen LogP contribution is -2.11. The third-order valence-corrected chi connectivity index (χ3v) is 2.89. The van der Waals surface area contributed by atoms with E-state index in [0.29, 0.717) is 16.9 Å². The standard InChI is InChI=1S/C14H15BrFN3O/c1-9(2)20-14-10(4-3-5-17-14)7-18-13-12(16)6-11(15)8-19-13/h3-6,8-9H,7H2,1-2H3,(H,18,19). The number of hydrogen-bond acceptors (Lipinski definition) is 4. The summed E-state index contributed by atoms with van der Waals surface area (Å²) in [6, 6.07) is 5.06. The highest BCUT2D eigenvalue weighted by Crippen LogP contribution is 2.20. The molecule has 0 spiro atoms. The molecular weight excluding hydrogens is 325 g/mol. The summed E-state index contributed by atoms with van der Waals surface area (Å²) in [5.74, 6) is 0.342. The highest BCUT2D eigenvalue weighted by atomic mass is 79.9. The average molecular weight is 340 g/mol. The molecule has 106 valence electrons. The van der Waals surface area contributed by atoms with Crippen molar-refractivity contribution in [3.8, 4) is 5.88 Å². The second kappa shape index (κ2) is 6.65. The van der Waals surface area contributed by atoms with Crippen molar-refractivity contribution in [3.63, 3.8) is 0 Å². The Kier molecular flexibility index (Phi) is 4.89. The van der Waals surface area contributed by atoms with Crippen molar-refractivity contribution < 1.29 is 9.13 Å². The minimum atomic E-state index is -0.408. The van der Waals surface area contributed by atoms with Gasteiger partial charge in [-0.2, -0.15) is 0 Å².